The van der Waals surface area contributed by atoms with Crippen molar-refractivity contribution in [1.29, 1.82) is 0 Å². The normalized spacial score (nSPS) is 15.4. The summed E-state index contributed by atoms with van der Waals surface area (Å²) in [5, 5.41) is 12.1. The molecule has 0 fully saturated rings. The number of anilines is 1. The Kier molecular flexibility index (Phi) is 6.10. The number of carboxylic acid groups (broad SMARTS) is 1. The van der Waals surface area contributed by atoms with E-state index in [1.807, 2.05) is 36.4 Å². The van der Waals surface area contributed by atoms with Crippen LogP contribution >= 0.6 is 0 Å². The van der Waals surface area contributed by atoms with Gasteiger partial charge in [-0.15, -0.1) is 0 Å². The predicted molar refractivity (Wildman–Crippen MR) is 136 cm³/mol. The first kappa shape index (κ1) is 23.4. The van der Waals surface area contributed by atoms with Crippen molar-refractivity contribution in [2.24, 2.45) is 0 Å². The lowest BCUT2D eigenvalue weighted by atomic mass is 9.91. The predicted octanol–water partition coefficient (Wildman–Crippen LogP) is 4.73. The molecule has 2 heterocycles. The fourth-order valence-corrected chi connectivity index (χ4v) is 4.98. The number of carbonyl (C=O) groups is 3. The number of benzene rings is 2. The fourth-order valence-electron chi connectivity index (χ4n) is 4.98. The van der Waals surface area contributed by atoms with Crippen LogP contribution in [0.15, 0.2) is 36.4 Å². The van der Waals surface area contributed by atoms with E-state index in [-0.39, 0.29) is 24.5 Å². The number of H-pyrrole nitrogens is 1. The molecule has 0 bridgehead atoms. The van der Waals surface area contributed by atoms with Crippen LogP contribution in [0, 0.1) is 0 Å². The van der Waals surface area contributed by atoms with Gasteiger partial charge in [-0.25, -0.2) is 0 Å². The highest BCUT2D eigenvalue weighted by molar-refractivity contribution is 6.35. The largest absolute Gasteiger partial charge is 0.493 e. The summed E-state index contributed by atoms with van der Waals surface area (Å²) in [4.78, 5) is 40.2. The van der Waals surface area contributed by atoms with Crippen LogP contribution in [0.1, 0.15) is 52.1 Å². The molecule has 0 saturated heterocycles. The molecule has 0 radical (unpaired) electrons. The highest BCUT2D eigenvalue weighted by atomic mass is 16.5. The first-order valence-corrected chi connectivity index (χ1v) is 11.8. The average molecular weight is 487 g/mol. The number of fused-ring (bicyclic) bond motifs is 2. The van der Waals surface area contributed by atoms with Crippen molar-refractivity contribution in [2.45, 2.75) is 32.1 Å². The molecule has 8 nitrogen and oxygen atoms in total. The van der Waals surface area contributed by atoms with E-state index in [0.717, 1.165) is 35.2 Å². The quantitative estimate of drug-likeness (QED) is 0.416. The van der Waals surface area contributed by atoms with Crippen molar-refractivity contribution in [3.8, 4) is 22.6 Å². The fraction of sp³-hybridized carbons (Fsp3) is 0.250. The first-order valence-electron chi connectivity index (χ1n) is 11.8. The van der Waals surface area contributed by atoms with Crippen molar-refractivity contribution < 1.29 is 29.0 Å². The van der Waals surface area contributed by atoms with Gasteiger partial charge in [0.2, 0.25) is 0 Å². The summed E-state index contributed by atoms with van der Waals surface area (Å²) < 4.78 is 10.8. The number of ketones is 1. The molecule has 5 rings (SSSR count). The monoisotopic (exact) mass is 486 g/mol. The summed E-state index contributed by atoms with van der Waals surface area (Å²) in [6.45, 7) is 0. The van der Waals surface area contributed by atoms with E-state index in [1.54, 1.807) is 20.3 Å². The number of amides is 1. The van der Waals surface area contributed by atoms with Crippen LogP contribution < -0.4 is 14.8 Å². The number of carbonyl (C=O) groups excluding carboxylic acids is 2. The number of hydrogen-bond donors (Lipinski definition) is 3. The number of aromatic amines is 1. The summed E-state index contributed by atoms with van der Waals surface area (Å²) in [7, 11) is 3.16. The summed E-state index contributed by atoms with van der Waals surface area (Å²) in [6, 6.07) is 11.3. The van der Waals surface area contributed by atoms with Crippen LogP contribution in [0.25, 0.3) is 22.8 Å². The van der Waals surface area contributed by atoms with E-state index in [0.29, 0.717) is 46.0 Å². The van der Waals surface area contributed by atoms with Crippen LogP contribution in [0.2, 0.25) is 0 Å². The third-order valence-corrected chi connectivity index (χ3v) is 6.72. The van der Waals surface area contributed by atoms with E-state index in [1.165, 1.54) is 0 Å². The third-order valence-electron chi connectivity index (χ3n) is 6.72. The van der Waals surface area contributed by atoms with Gasteiger partial charge in [0.1, 0.15) is 0 Å². The van der Waals surface area contributed by atoms with Crippen LogP contribution in [0.4, 0.5) is 5.69 Å². The number of aryl methyl sites for hydroxylation is 1. The maximum atomic E-state index is 13.0. The molecule has 36 heavy (non-hydrogen) atoms. The molecule has 184 valence electrons. The molecule has 3 N–H and O–H groups in total. The lowest BCUT2D eigenvalue weighted by Gasteiger charge is -2.11. The van der Waals surface area contributed by atoms with Gasteiger partial charge in [-0.2, -0.15) is 0 Å². The van der Waals surface area contributed by atoms with Crippen molar-refractivity contribution in [3.05, 3.63) is 64.5 Å². The molecule has 2 aromatic carbocycles. The van der Waals surface area contributed by atoms with E-state index in [2.05, 4.69) is 10.3 Å². The minimum Gasteiger partial charge on any atom is -0.493 e. The Labute approximate surface area is 207 Å². The number of aromatic nitrogens is 1. The van der Waals surface area contributed by atoms with Gasteiger partial charge in [0, 0.05) is 41.0 Å². The zero-order chi connectivity index (χ0) is 25.4. The van der Waals surface area contributed by atoms with Gasteiger partial charge < -0.3 is 24.9 Å². The molecule has 1 amide bonds. The van der Waals surface area contributed by atoms with Crippen molar-refractivity contribution >= 4 is 35.0 Å². The van der Waals surface area contributed by atoms with Crippen LogP contribution in [0.5, 0.6) is 11.5 Å². The maximum Gasteiger partial charge on any atom is 0.303 e. The topological polar surface area (TPSA) is 118 Å². The molecule has 0 saturated carbocycles. The lowest BCUT2D eigenvalue weighted by molar-refractivity contribution is -0.137. The standard InChI is InChI=1S/C28H26N2O6/c1-35-24-10-7-16(13-25(24)36-2)15-6-9-20-18(12-15)19(28(34)30-20)14-22-17(8-11-26(32)33)27-21(29-22)4-3-5-23(27)31/h6-7,9-10,12-14,29H,3-5,8,11H2,1-2H3,(H,30,34)(H,32,33)/b19-14-. The Bertz CT molecular complexity index is 1430. The van der Waals surface area contributed by atoms with Crippen molar-refractivity contribution in [1.82, 2.24) is 4.98 Å². The highest BCUT2D eigenvalue weighted by Crippen LogP contribution is 2.39. The summed E-state index contributed by atoms with van der Waals surface area (Å²) >= 11 is 0. The SMILES string of the molecule is COc1ccc(-c2ccc3c(c2)/C(=C/c2[nH]c4c(c2CCC(=O)O)C(=O)CCC4)C(=O)N3)cc1OC. The second-order valence-corrected chi connectivity index (χ2v) is 8.88. The molecule has 0 spiro atoms. The van der Waals surface area contributed by atoms with Gasteiger partial charge in [0.15, 0.2) is 17.3 Å². The summed E-state index contributed by atoms with van der Waals surface area (Å²) in [5.41, 5.74) is 6.36. The zero-order valence-corrected chi connectivity index (χ0v) is 20.1. The molecule has 0 unspecified atom stereocenters. The minimum absolute atomic E-state index is 0.0181. The second-order valence-electron chi connectivity index (χ2n) is 8.88. The molecule has 3 aromatic rings. The van der Waals surface area contributed by atoms with Crippen LogP contribution in [0.3, 0.4) is 0 Å². The van der Waals surface area contributed by atoms with Crippen LogP contribution in [-0.4, -0.2) is 42.0 Å². The van der Waals surface area contributed by atoms with Crippen LogP contribution in [-0.2, 0) is 22.4 Å². The Hall–Kier alpha value is -4.33. The van der Waals surface area contributed by atoms with Gasteiger partial charge in [0.25, 0.3) is 5.91 Å². The number of aliphatic carboxylic acids is 1. The van der Waals surface area contributed by atoms with Gasteiger partial charge in [-0.3, -0.25) is 14.4 Å². The van der Waals surface area contributed by atoms with E-state index >= 15 is 0 Å². The van der Waals surface area contributed by atoms with Crippen molar-refractivity contribution in [3.63, 3.8) is 0 Å². The van der Waals surface area contributed by atoms with E-state index in [9.17, 15) is 19.5 Å². The Balaban J connectivity index is 1.59. The number of carboxylic acids is 1. The Morgan fingerprint density at radius 2 is 1.78 bits per heavy atom. The summed E-state index contributed by atoms with van der Waals surface area (Å²) in [6.07, 6.45) is 3.77. The second kappa shape index (κ2) is 9.37. The van der Waals surface area contributed by atoms with Crippen molar-refractivity contribution in [2.75, 3.05) is 19.5 Å². The van der Waals surface area contributed by atoms with E-state index < -0.39 is 5.97 Å². The Morgan fingerprint density at radius 1 is 1.03 bits per heavy atom. The summed E-state index contributed by atoms with van der Waals surface area (Å²) in [5.74, 6) is 0.0570. The third kappa shape index (κ3) is 4.15. The van der Waals surface area contributed by atoms with E-state index in [4.69, 9.17) is 9.47 Å². The number of Topliss-reactive ketones (excluding diaryl/α,β-unsaturated/α-hetero) is 1. The number of nitrogens with one attached hydrogen (secondary N) is 2. The average Bonchev–Trinajstić information content (AvgIpc) is 3.39. The molecule has 1 aliphatic heterocycles. The Morgan fingerprint density at radius 3 is 2.53 bits per heavy atom. The molecule has 1 aliphatic carbocycles. The van der Waals surface area contributed by atoms with Gasteiger partial charge in [-0.1, -0.05) is 12.1 Å². The molecular formula is C28H26N2O6. The highest BCUT2D eigenvalue weighted by Gasteiger charge is 2.29. The zero-order valence-electron chi connectivity index (χ0n) is 20.1. The number of rotatable bonds is 7. The molecule has 2 aliphatic rings. The molecule has 1 aromatic heterocycles. The van der Waals surface area contributed by atoms with Gasteiger partial charge in [0.05, 0.1) is 19.8 Å². The smallest absolute Gasteiger partial charge is 0.303 e. The first-order chi connectivity index (χ1) is 17.4. The lowest BCUT2D eigenvalue weighted by Crippen LogP contribution is -2.11. The van der Waals surface area contributed by atoms with Gasteiger partial charge in [-0.05, 0) is 66.3 Å². The van der Waals surface area contributed by atoms with Gasteiger partial charge >= 0.3 is 5.97 Å². The molecule has 0 atom stereocenters. The molecule has 8 heteroatoms. The minimum atomic E-state index is -0.935. The molecular weight excluding hydrogens is 460 g/mol. The maximum absolute atomic E-state index is 13.0. The number of ether oxygens (including phenoxy) is 2. The number of hydrogen-bond acceptors (Lipinski definition) is 5. The number of methoxy groups -OCH3 is 2.